The molecule has 5 nitrogen and oxygen atoms in total. The predicted molar refractivity (Wildman–Crippen MR) is 113 cm³/mol. The molecule has 3 rings (SSSR count). The van der Waals surface area contributed by atoms with Crippen molar-refractivity contribution in [2.24, 2.45) is 4.99 Å². The normalized spacial score (nSPS) is 14.0. The molecule has 2 aromatic rings. The van der Waals surface area contributed by atoms with Crippen LogP contribution in [0.3, 0.4) is 0 Å². The lowest BCUT2D eigenvalue weighted by molar-refractivity contribution is 0.0997. The monoisotopic (exact) mass is 403 g/mol. The number of amides is 1. The van der Waals surface area contributed by atoms with E-state index in [1.807, 2.05) is 19.1 Å². The highest BCUT2D eigenvalue weighted by atomic mass is 35.5. The quantitative estimate of drug-likeness (QED) is 0.738. The molecule has 1 aromatic carbocycles. The van der Waals surface area contributed by atoms with Crippen LogP contribution in [0.15, 0.2) is 23.2 Å². The highest BCUT2D eigenvalue weighted by molar-refractivity contribution is 8.14. The van der Waals surface area contributed by atoms with Gasteiger partial charge in [-0.3, -0.25) is 19.5 Å². The average molecular weight is 404 g/mol. The minimum absolute atomic E-state index is 0.0605. The van der Waals surface area contributed by atoms with Crippen LogP contribution in [0.25, 0.3) is 0 Å². The summed E-state index contributed by atoms with van der Waals surface area (Å²) in [4.78, 5) is 34.7. The topological polar surface area (TPSA) is 65.5 Å². The Kier molecular flexibility index (Phi) is 5.77. The lowest BCUT2D eigenvalue weighted by Gasteiger charge is -2.26. The fourth-order valence-electron chi connectivity index (χ4n) is 3.22. The van der Waals surface area contributed by atoms with Gasteiger partial charge in [0.15, 0.2) is 11.0 Å². The maximum atomic E-state index is 13.5. The number of amidine groups is 1. The number of Topliss-reactive ketones (excluding diaryl/α,β-unsaturated/α-hetero) is 1. The summed E-state index contributed by atoms with van der Waals surface area (Å²) in [6.07, 6.45) is 0.986. The van der Waals surface area contributed by atoms with Crippen molar-refractivity contribution < 1.29 is 9.59 Å². The van der Waals surface area contributed by atoms with Crippen LogP contribution in [0.4, 0.5) is 5.69 Å². The molecule has 0 fully saturated rings. The van der Waals surface area contributed by atoms with Gasteiger partial charge in [0, 0.05) is 28.6 Å². The smallest absolute Gasteiger partial charge is 0.281 e. The molecule has 7 heteroatoms. The number of aryl methyl sites for hydroxylation is 2. The summed E-state index contributed by atoms with van der Waals surface area (Å²) < 4.78 is 0. The molecule has 0 saturated carbocycles. The van der Waals surface area contributed by atoms with Gasteiger partial charge in [0.2, 0.25) is 0 Å². The Labute approximate surface area is 168 Å². The molecule has 2 heterocycles. The highest BCUT2D eigenvalue weighted by Gasteiger charge is 2.29. The van der Waals surface area contributed by atoms with Crippen molar-refractivity contribution in [3.63, 3.8) is 0 Å². The van der Waals surface area contributed by atoms with E-state index in [0.717, 1.165) is 17.7 Å². The molecule has 0 radical (unpaired) electrons. The van der Waals surface area contributed by atoms with Crippen molar-refractivity contribution >= 4 is 45.9 Å². The summed E-state index contributed by atoms with van der Waals surface area (Å²) >= 11 is 7.87. The molecule has 0 spiro atoms. The number of benzene rings is 1. The Balaban J connectivity index is 2.12. The van der Waals surface area contributed by atoms with Crippen LogP contribution in [-0.2, 0) is 0 Å². The van der Waals surface area contributed by atoms with E-state index in [0.29, 0.717) is 44.9 Å². The zero-order valence-corrected chi connectivity index (χ0v) is 17.4. The summed E-state index contributed by atoms with van der Waals surface area (Å²) in [6, 6.07) is 5.54. The first-order valence-corrected chi connectivity index (χ1v) is 10.2. The van der Waals surface area contributed by atoms with E-state index in [1.54, 1.807) is 36.6 Å². The number of ketones is 1. The lowest BCUT2D eigenvalue weighted by Crippen LogP contribution is -2.37. The zero-order chi connectivity index (χ0) is 19.7. The second-order valence-electron chi connectivity index (χ2n) is 6.62. The van der Waals surface area contributed by atoms with Crippen LogP contribution in [0, 0.1) is 20.8 Å². The predicted octanol–water partition coefficient (Wildman–Crippen LogP) is 4.94. The number of hydrogen-bond acceptors (Lipinski definition) is 4. The third-order valence-electron chi connectivity index (χ3n) is 4.59. The summed E-state index contributed by atoms with van der Waals surface area (Å²) in [5.41, 5.74) is 3.94. The number of nitrogens with zero attached hydrogens (tertiary/aromatic N) is 2. The molecular formula is C20H22ClN3O2S. The Morgan fingerprint density at radius 3 is 2.56 bits per heavy atom. The SMILES string of the molecule is CC(=O)c1c(C)[nH]c(C(=O)N(C2=NCCCS2)c2ccc(C)c(Cl)c2)c1C. The number of nitrogens with one attached hydrogen (secondary N) is 1. The number of hydrogen-bond donors (Lipinski definition) is 1. The standard InChI is InChI=1S/C20H22ClN3O2S/c1-11-6-7-15(10-16(11)21)24(20-22-8-5-9-27-20)19(26)18-12(2)17(14(4)25)13(3)23-18/h6-7,10,23H,5,8-9H2,1-4H3. The van der Waals surface area contributed by atoms with Gasteiger partial charge in [-0.2, -0.15) is 0 Å². The second-order valence-corrected chi connectivity index (χ2v) is 8.09. The number of aromatic amines is 1. The number of aromatic nitrogens is 1. The minimum Gasteiger partial charge on any atom is -0.354 e. The Hall–Kier alpha value is -2.05. The number of thioether (sulfide) groups is 1. The number of carbonyl (C=O) groups excluding carboxylic acids is 2. The maximum Gasteiger partial charge on any atom is 0.281 e. The molecule has 0 atom stereocenters. The number of carbonyl (C=O) groups is 2. The number of halogens is 1. The maximum absolute atomic E-state index is 13.5. The molecule has 0 saturated heterocycles. The Bertz CT molecular complexity index is 949. The number of anilines is 1. The van der Waals surface area contributed by atoms with Crippen LogP contribution in [0.2, 0.25) is 5.02 Å². The van der Waals surface area contributed by atoms with Crippen molar-refractivity contribution in [1.29, 1.82) is 0 Å². The van der Waals surface area contributed by atoms with Crippen molar-refractivity contribution in [2.75, 3.05) is 17.2 Å². The molecule has 27 heavy (non-hydrogen) atoms. The molecule has 0 aliphatic carbocycles. The van der Waals surface area contributed by atoms with Gasteiger partial charge in [-0.05, 0) is 57.4 Å². The van der Waals surface area contributed by atoms with Gasteiger partial charge < -0.3 is 4.98 Å². The number of H-pyrrole nitrogens is 1. The van der Waals surface area contributed by atoms with E-state index in [1.165, 1.54) is 6.92 Å². The summed E-state index contributed by atoms with van der Waals surface area (Å²) in [5, 5.41) is 1.25. The first-order chi connectivity index (χ1) is 12.8. The first kappa shape index (κ1) is 19.7. The van der Waals surface area contributed by atoms with Crippen LogP contribution >= 0.6 is 23.4 Å². The molecule has 1 aliphatic rings. The van der Waals surface area contributed by atoms with Crippen molar-refractivity contribution in [3.05, 3.63) is 51.3 Å². The lowest BCUT2D eigenvalue weighted by atomic mass is 10.1. The number of rotatable bonds is 3. The largest absolute Gasteiger partial charge is 0.354 e. The molecule has 142 valence electrons. The highest BCUT2D eigenvalue weighted by Crippen LogP contribution is 2.30. The second kappa shape index (κ2) is 7.90. The van der Waals surface area contributed by atoms with Gasteiger partial charge >= 0.3 is 0 Å². The Morgan fingerprint density at radius 1 is 1.26 bits per heavy atom. The minimum atomic E-state index is -0.240. The first-order valence-electron chi connectivity index (χ1n) is 8.79. The fourth-order valence-corrected chi connectivity index (χ4v) is 4.35. The van der Waals surface area contributed by atoms with E-state index < -0.39 is 0 Å². The number of aliphatic imine (C=N–C) groups is 1. The summed E-state index contributed by atoms with van der Waals surface area (Å²) in [6.45, 7) is 7.72. The van der Waals surface area contributed by atoms with Gasteiger partial charge in [0.25, 0.3) is 5.91 Å². The molecule has 1 amide bonds. The molecule has 0 bridgehead atoms. The van der Waals surface area contributed by atoms with E-state index in [9.17, 15) is 9.59 Å². The average Bonchev–Trinajstić information content (AvgIpc) is 2.93. The van der Waals surface area contributed by atoms with Crippen molar-refractivity contribution in [2.45, 2.75) is 34.1 Å². The van der Waals surface area contributed by atoms with E-state index in [-0.39, 0.29) is 11.7 Å². The van der Waals surface area contributed by atoms with Gasteiger partial charge in [0.05, 0.1) is 5.69 Å². The van der Waals surface area contributed by atoms with Gasteiger partial charge in [0.1, 0.15) is 5.69 Å². The van der Waals surface area contributed by atoms with E-state index >= 15 is 0 Å². The Morgan fingerprint density at radius 2 is 2.00 bits per heavy atom. The van der Waals surface area contributed by atoms with Crippen molar-refractivity contribution in [1.82, 2.24) is 4.98 Å². The van der Waals surface area contributed by atoms with Crippen LogP contribution in [0.1, 0.15) is 51.0 Å². The summed E-state index contributed by atoms with van der Waals surface area (Å²) in [5.74, 6) is 0.606. The molecule has 0 unspecified atom stereocenters. The molecule has 1 N–H and O–H groups in total. The molecule has 1 aliphatic heterocycles. The van der Waals surface area contributed by atoms with Gasteiger partial charge in [-0.25, -0.2) is 0 Å². The van der Waals surface area contributed by atoms with Gasteiger partial charge in [-0.15, -0.1) is 0 Å². The third kappa shape index (κ3) is 3.82. The van der Waals surface area contributed by atoms with E-state index in [2.05, 4.69) is 9.98 Å². The van der Waals surface area contributed by atoms with Crippen LogP contribution in [-0.4, -0.2) is 34.1 Å². The van der Waals surface area contributed by atoms with Crippen molar-refractivity contribution in [3.8, 4) is 0 Å². The van der Waals surface area contributed by atoms with Crippen LogP contribution in [0.5, 0.6) is 0 Å². The van der Waals surface area contributed by atoms with Gasteiger partial charge in [-0.1, -0.05) is 29.4 Å². The van der Waals surface area contributed by atoms with E-state index in [4.69, 9.17) is 11.6 Å². The molecular weight excluding hydrogens is 382 g/mol. The molecule has 1 aromatic heterocycles. The van der Waals surface area contributed by atoms with Crippen LogP contribution < -0.4 is 4.90 Å². The summed E-state index contributed by atoms with van der Waals surface area (Å²) in [7, 11) is 0. The fraction of sp³-hybridized carbons (Fsp3) is 0.350. The third-order valence-corrected chi connectivity index (χ3v) is 6.06. The zero-order valence-electron chi connectivity index (χ0n) is 15.9.